The van der Waals surface area contributed by atoms with Gasteiger partial charge in [-0.15, -0.1) is 11.3 Å². The van der Waals surface area contributed by atoms with Crippen LogP contribution in [0.1, 0.15) is 28.1 Å². The van der Waals surface area contributed by atoms with Crippen LogP contribution in [0, 0.1) is 11.3 Å². The van der Waals surface area contributed by atoms with E-state index in [1.165, 1.54) is 23.1 Å². The lowest BCUT2D eigenvalue weighted by Crippen LogP contribution is -2.30. The number of dihydropyridines is 1. The summed E-state index contributed by atoms with van der Waals surface area (Å²) in [4.78, 5) is 26.9. The summed E-state index contributed by atoms with van der Waals surface area (Å²) < 4.78 is 0.904. The van der Waals surface area contributed by atoms with E-state index in [2.05, 4.69) is 32.6 Å². The molecule has 0 fully saturated rings. The van der Waals surface area contributed by atoms with E-state index in [9.17, 15) is 14.9 Å². The van der Waals surface area contributed by atoms with E-state index in [-0.39, 0.29) is 17.4 Å². The molecule has 2 N–H and O–H groups in total. The fourth-order valence-electron chi connectivity index (χ4n) is 3.64. The minimum absolute atomic E-state index is 0.0361. The predicted octanol–water partition coefficient (Wildman–Crippen LogP) is 6.46. The summed E-state index contributed by atoms with van der Waals surface area (Å²) in [6, 6.07) is 22.6. The Balaban J connectivity index is 1.63. The molecule has 0 saturated carbocycles. The molecule has 0 aliphatic carbocycles. The number of allylic oxidation sites excluding steroid dienone is 2. The van der Waals surface area contributed by atoms with Gasteiger partial charge in [-0.05, 0) is 42.6 Å². The summed E-state index contributed by atoms with van der Waals surface area (Å²) in [5.74, 6) is -0.644. The normalized spacial score (nSPS) is 15.5. The highest BCUT2D eigenvalue weighted by Gasteiger charge is 2.35. The number of nitrogens with zero attached hydrogens (tertiary/aromatic N) is 1. The Morgan fingerprint density at radius 2 is 1.85 bits per heavy atom. The molecular formula is C26H20BrN3O2S2. The summed E-state index contributed by atoms with van der Waals surface area (Å²) in [5, 5.41) is 18.8. The lowest BCUT2D eigenvalue weighted by atomic mass is 9.86. The van der Waals surface area contributed by atoms with Gasteiger partial charge in [-0.1, -0.05) is 64.1 Å². The first-order valence-corrected chi connectivity index (χ1v) is 13.1. The average molecular weight is 551 g/mol. The number of thiophene rings is 1. The van der Waals surface area contributed by atoms with Crippen LogP contribution in [0.4, 0.5) is 5.69 Å². The fourth-order valence-corrected chi connectivity index (χ4v) is 5.74. The lowest BCUT2D eigenvalue weighted by molar-refractivity contribution is -0.113. The van der Waals surface area contributed by atoms with Crippen LogP contribution in [0.15, 0.2) is 98.5 Å². The van der Waals surface area contributed by atoms with Gasteiger partial charge in [-0.2, -0.15) is 5.26 Å². The molecule has 0 saturated heterocycles. The smallest absolute Gasteiger partial charge is 0.254 e. The fraction of sp³-hybridized carbons (Fsp3) is 0.115. The van der Waals surface area contributed by atoms with Gasteiger partial charge in [0.2, 0.25) is 0 Å². The molecule has 1 aliphatic heterocycles. The van der Waals surface area contributed by atoms with Gasteiger partial charge in [0.25, 0.3) is 5.91 Å². The molecule has 3 aromatic rings. The maximum atomic E-state index is 13.3. The van der Waals surface area contributed by atoms with Crippen molar-refractivity contribution in [2.45, 2.75) is 12.8 Å². The average Bonchev–Trinajstić information content (AvgIpc) is 3.37. The summed E-state index contributed by atoms with van der Waals surface area (Å²) in [6.07, 6.45) is 0. The Morgan fingerprint density at radius 3 is 2.50 bits per heavy atom. The molecule has 170 valence electrons. The molecule has 2 aromatic carbocycles. The Kier molecular flexibility index (Phi) is 7.68. The number of hydrogen-bond acceptors (Lipinski definition) is 6. The maximum Gasteiger partial charge on any atom is 0.254 e. The van der Waals surface area contributed by atoms with Crippen molar-refractivity contribution in [1.82, 2.24) is 5.32 Å². The van der Waals surface area contributed by atoms with E-state index in [0.717, 1.165) is 9.35 Å². The lowest BCUT2D eigenvalue weighted by Gasteiger charge is -2.29. The highest BCUT2D eigenvalue weighted by Crippen LogP contribution is 2.42. The third-order valence-corrected chi connectivity index (χ3v) is 7.75. The van der Waals surface area contributed by atoms with E-state index in [1.807, 2.05) is 66.9 Å². The van der Waals surface area contributed by atoms with Gasteiger partial charge in [0.15, 0.2) is 5.78 Å². The van der Waals surface area contributed by atoms with Crippen LogP contribution >= 0.6 is 39.0 Å². The summed E-state index contributed by atoms with van der Waals surface area (Å²) in [6.45, 7) is 1.83. The third kappa shape index (κ3) is 5.33. The van der Waals surface area contributed by atoms with Gasteiger partial charge in [0.05, 0.1) is 28.3 Å². The molecule has 0 spiro atoms. The van der Waals surface area contributed by atoms with E-state index in [1.54, 1.807) is 12.1 Å². The van der Waals surface area contributed by atoms with Crippen molar-refractivity contribution in [3.05, 3.63) is 109 Å². The molecule has 34 heavy (non-hydrogen) atoms. The first kappa shape index (κ1) is 24.0. The van der Waals surface area contributed by atoms with Gasteiger partial charge < -0.3 is 10.6 Å². The number of para-hydroxylation sites is 1. The number of ketones is 1. The number of amides is 1. The number of carbonyl (C=O) groups is 2. The van der Waals surface area contributed by atoms with E-state index < -0.39 is 5.92 Å². The standard InChI is InChI=1S/C26H20BrN3O2S2/c1-16-23(25(32)30-19-6-3-2-4-7-19)24(22-8-5-13-33-22)20(14-28)26(29-16)34-15-21(31)17-9-11-18(27)12-10-17/h2-13,24,29H,15H2,1H3,(H,30,32)/t24-/m1/s1. The van der Waals surface area contributed by atoms with Crippen LogP contribution in [0.25, 0.3) is 0 Å². The first-order valence-electron chi connectivity index (χ1n) is 10.4. The molecule has 1 amide bonds. The van der Waals surface area contributed by atoms with Gasteiger partial charge in [0.1, 0.15) is 0 Å². The number of anilines is 1. The second-order valence-corrected chi connectivity index (χ2v) is 10.4. The molecule has 0 bridgehead atoms. The molecule has 0 radical (unpaired) electrons. The molecule has 2 heterocycles. The predicted molar refractivity (Wildman–Crippen MR) is 142 cm³/mol. The van der Waals surface area contributed by atoms with Crippen LogP contribution in [0.3, 0.4) is 0 Å². The maximum absolute atomic E-state index is 13.3. The van der Waals surface area contributed by atoms with Crippen molar-refractivity contribution >= 4 is 56.4 Å². The largest absolute Gasteiger partial charge is 0.353 e. The molecular weight excluding hydrogens is 530 g/mol. The molecule has 8 heteroatoms. The van der Waals surface area contributed by atoms with Gasteiger partial charge in [-0.3, -0.25) is 9.59 Å². The highest BCUT2D eigenvalue weighted by atomic mass is 79.9. The van der Waals surface area contributed by atoms with E-state index >= 15 is 0 Å². The molecule has 5 nitrogen and oxygen atoms in total. The van der Waals surface area contributed by atoms with Crippen molar-refractivity contribution in [3.63, 3.8) is 0 Å². The Morgan fingerprint density at radius 1 is 1.12 bits per heavy atom. The monoisotopic (exact) mass is 549 g/mol. The molecule has 0 unspecified atom stereocenters. The highest BCUT2D eigenvalue weighted by molar-refractivity contribution is 9.10. The second kappa shape index (κ2) is 10.9. The number of Topliss-reactive ketones (excluding diaryl/α,β-unsaturated/α-hetero) is 1. The van der Waals surface area contributed by atoms with Crippen molar-refractivity contribution in [2.75, 3.05) is 11.1 Å². The quantitative estimate of drug-likeness (QED) is 0.330. The zero-order valence-corrected chi connectivity index (χ0v) is 21.4. The Hall–Kier alpha value is -3.12. The molecule has 1 aromatic heterocycles. The summed E-state index contributed by atoms with van der Waals surface area (Å²) >= 11 is 6.15. The van der Waals surface area contributed by atoms with Gasteiger partial charge in [-0.25, -0.2) is 0 Å². The number of halogens is 1. The number of nitriles is 1. The Bertz CT molecular complexity index is 1310. The Labute approximate surface area is 214 Å². The van der Waals surface area contributed by atoms with Gasteiger partial charge in [0, 0.05) is 31.9 Å². The van der Waals surface area contributed by atoms with E-state index in [0.29, 0.717) is 33.1 Å². The number of nitrogens with one attached hydrogen (secondary N) is 2. The molecule has 1 atom stereocenters. The number of carbonyl (C=O) groups excluding carboxylic acids is 2. The summed E-state index contributed by atoms with van der Waals surface area (Å²) in [5.41, 5.74) is 2.87. The van der Waals surface area contributed by atoms with Crippen LogP contribution in [-0.2, 0) is 4.79 Å². The van der Waals surface area contributed by atoms with Crippen molar-refractivity contribution < 1.29 is 9.59 Å². The third-order valence-electron chi connectivity index (χ3n) is 5.27. The van der Waals surface area contributed by atoms with E-state index in [4.69, 9.17) is 0 Å². The number of rotatable bonds is 7. The molecule has 4 rings (SSSR count). The second-order valence-electron chi connectivity index (χ2n) is 7.51. The number of benzene rings is 2. The minimum atomic E-state index is -0.514. The van der Waals surface area contributed by atoms with Crippen LogP contribution in [-0.4, -0.2) is 17.4 Å². The zero-order chi connectivity index (χ0) is 24.1. The summed E-state index contributed by atoms with van der Waals surface area (Å²) in [7, 11) is 0. The van der Waals surface area contributed by atoms with Gasteiger partial charge >= 0.3 is 0 Å². The van der Waals surface area contributed by atoms with Crippen molar-refractivity contribution in [2.24, 2.45) is 0 Å². The SMILES string of the molecule is CC1=C(C(=O)Nc2ccccc2)[C@@H](c2cccs2)C(C#N)=C(SCC(=O)c2ccc(Br)cc2)N1. The number of hydrogen-bond donors (Lipinski definition) is 2. The van der Waals surface area contributed by atoms with Crippen molar-refractivity contribution in [3.8, 4) is 6.07 Å². The first-order chi connectivity index (χ1) is 16.5. The van der Waals surface area contributed by atoms with Crippen LogP contribution in [0.5, 0.6) is 0 Å². The minimum Gasteiger partial charge on any atom is -0.353 e. The zero-order valence-electron chi connectivity index (χ0n) is 18.2. The molecule has 1 aliphatic rings. The van der Waals surface area contributed by atoms with Crippen molar-refractivity contribution in [1.29, 1.82) is 5.26 Å². The topological polar surface area (TPSA) is 82.0 Å². The van der Waals surface area contributed by atoms with Crippen LogP contribution < -0.4 is 10.6 Å². The van der Waals surface area contributed by atoms with Crippen LogP contribution in [0.2, 0.25) is 0 Å². The number of thioether (sulfide) groups is 1.